The Bertz CT molecular complexity index is 1040. The highest BCUT2D eigenvalue weighted by molar-refractivity contribution is 5.63. The number of oxazole rings is 1. The summed E-state index contributed by atoms with van der Waals surface area (Å²) in [7, 11) is 0. The van der Waals surface area contributed by atoms with Gasteiger partial charge in [0, 0.05) is 35.2 Å². The lowest BCUT2D eigenvalue weighted by Crippen LogP contribution is -2.17. The Morgan fingerprint density at radius 1 is 1.00 bits per heavy atom. The zero-order valence-electron chi connectivity index (χ0n) is 21.1. The van der Waals surface area contributed by atoms with Crippen molar-refractivity contribution in [2.24, 2.45) is 0 Å². The number of aromatic nitrogens is 1. The van der Waals surface area contributed by atoms with Crippen LogP contribution in [0.3, 0.4) is 0 Å². The number of benzene rings is 2. The highest BCUT2D eigenvalue weighted by Gasteiger charge is 2.27. The number of ether oxygens (including phenoxy) is 1. The minimum Gasteiger partial charge on any atom is -0.507 e. The van der Waals surface area contributed by atoms with E-state index in [0.29, 0.717) is 24.7 Å². The summed E-state index contributed by atoms with van der Waals surface area (Å²) in [6, 6.07) is 12.1. The molecule has 0 aliphatic heterocycles. The molecule has 33 heavy (non-hydrogen) atoms. The minimum absolute atomic E-state index is 0.205. The van der Waals surface area contributed by atoms with Gasteiger partial charge in [0.1, 0.15) is 17.8 Å². The number of nitrogens with zero attached hydrogens (tertiary/aromatic N) is 1. The molecule has 1 heterocycles. The Labute approximate surface area is 198 Å². The quantitative estimate of drug-likeness (QED) is 0.417. The molecule has 0 unspecified atom stereocenters. The van der Waals surface area contributed by atoms with Crippen LogP contribution in [0.1, 0.15) is 70.9 Å². The SMILES string of the molecule is CCNCc1ccccc1OCCc1coc(-c2cc(C(C)(C)C)c(O)c(C(C)(C)C)c2)n1. The van der Waals surface area contributed by atoms with Crippen molar-refractivity contribution in [3.05, 3.63) is 65.0 Å². The van der Waals surface area contributed by atoms with Gasteiger partial charge in [0.25, 0.3) is 0 Å². The van der Waals surface area contributed by atoms with E-state index in [9.17, 15) is 5.11 Å². The van der Waals surface area contributed by atoms with E-state index in [-0.39, 0.29) is 10.8 Å². The Kier molecular flexibility index (Phi) is 7.53. The van der Waals surface area contributed by atoms with Gasteiger partial charge < -0.3 is 19.6 Å². The van der Waals surface area contributed by atoms with E-state index in [0.717, 1.165) is 46.8 Å². The lowest BCUT2D eigenvalue weighted by atomic mass is 9.78. The zero-order valence-corrected chi connectivity index (χ0v) is 21.1. The van der Waals surface area contributed by atoms with Crippen LogP contribution in [-0.4, -0.2) is 23.2 Å². The summed E-state index contributed by atoms with van der Waals surface area (Å²) < 4.78 is 11.9. The van der Waals surface area contributed by atoms with Crippen LogP contribution in [0.2, 0.25) is 0 Å². The number of para-hydroxylation sites is 1. The molecule has 178 valence electrons. The molecule has 0 atom stereocenters. The van der Waals surface area contributed by atoms with Crippen molar-refractivity contribution in [2.75, 3.05) is 13.2 Å². The van der Waals surface area contributed by atoms with Crippen molar-refractivity contribution in [1.29, 1.82) is 0 Å². The fourth-order valence-electron chi connectivity index (χ4n) is 3.77. The van der Waals surface area contributed by atoms with Crippen molar-refractivity contribution in [3.8, 4) is 23.0 Å². The van der Waals surface area contributed by atoms with Gasteiger partial charge in [0.15, 0.2) is 0 Å². The predicted molar refractivity (Wildman–Crippen MR) is 134 cm³/mol. The molecule has 0 radical (unpaired) electrons. The van der Waals surface area contributed by atoms with Gasteiger partial charge in [-0.1, -0.05) is 66.7 Å². The molecule has 3 rings (SSSR count). The number of phenols is 1. The lowest BCUT2D eigenvalue weighted by molar-refractivity contribution is 0.316. The number of nitrogens with one attached hydrogen (secondary N) is 1. The summed E-state index contributed by atoms with van der Waals surface area (Å²) >= 11 is 0. The molecule has 0 aliphatic rings. The van der Waals surface area contributed by atoms with E-state index in [1.807, 2.05) is 30.3 Å². The van der Waals surface area contributed by atoms with Gasteiger partial charge in [0.2, 0.25) is 5.89 Å². The van der Waals surface area contributed by atoms with Crippen molar-refractivity contribution >= 4 is 0 Å². The zero-order chi connectivity index (χ0) is 24.2. The Morgan fingerprint density at radius 3 is 2.24 bits per heavy atom. The molecule has 0 fully saturated rings. The van der Waals surface area contributed by atoms with Gasteiger partial charge in [-0.3, -0.25) is 0 Å². The number of hydrogen-bond donors (Lipinski definition) is 2. The number of phenolic OH excluding ortho intramolecular Hbond substituents is 1. The fourth-order valence-corrected chi connectivity index (χ4v) is 3.77. The van der Waals surface area contributed by atoms with E-state index >= 15 is 0 Å². The summed E-state index contributed by atoms with van der Waals surface area (Å²) in [5.74, 6) is 1.81. The summed E-state index contributed by atoms with van der Waals surface area (Å²) in [4.78, 5) is 4.72. The van der Waals surface area contributed by atoms with Gasteiger partial charge in [-0.25, -0.2) is 4.98 Å². The first-order valence-electron chi connectivity index (χ1n) is 11.7. The molecule has 0 amide bonds. The van der Waals surface area contributed by atoms with Crippen molar-refractivity contribution in [2.45, 2.75) is 72.3 Å². The Balaban J connectivity index is 1.78. The summed E-state index contributed by atoms with van der Waals surface area (Å²) in [6.45, 7) is 16.9. The molecule has 0 spiro atoms. The summed E-state index contributed by atoms with van der Waals surface area (Å²) in [6.07, 6.45) is 2.35. The van der Waals surface area contributed by atoms with Crippen LogP contribution in [0.15, 0.2) is 47.1 Å². The van der Waals surface area contributed by atoms with Crippen LogP contribution in [-0.2, 0) is 23.8 Å². The normalized spacial score (nSPS) is 12.2. The topological polar surface area (TPSA) is 67.5 Å². The predicted octanol–water partition coefficient (Wildman–Crippen LogP) is 6.37. The first kappa shape index (κ1) is 24.8. The second-order valence-corrected chi connectivity index (χ2v) is 10.6. The van der Waals surface area contributed by atoms with E-state index < -0.39 is 0 Å². The second kappa shape index (κ2) is 10.0. The third kappa shape index (κ3) is 6.17. The first-order chi connectivity index (χ1) is 15.5. The molecule has 5 nitrogen and oxygen atoms in total. The summed E-state index contributed by atoms with van der Waals surface area (Å²) in [5.41, 5.74) is 4.25. The van der Waals surface area contributed by atoms with Crippen molar-refractivity contribution < 1.29 is 14.3 Å². The summed E-state index contributed by atoms with van der Waals surface area (Å²) in [5, 5.41) is 14.3. The van der Waals surface area contributed by atoms with E-state index in [2.05, 4.69) is 59.8 Å². The smallest absolute Gasteiger partial charge is 0.226 e. The van der Waals surface area contributed by atoms with Crippen LogP contribution in [0.5, 0.6) is 11.5 Å². The van der Waals surface area contributed by atoms with Crippen LogP contribution in [0.4, 0.5) is 0 Å². The Hall–Kier alpha value is -2.79. The number of hydrogen-bond acceptors (Lipinski definition) is 5. The standard InChI is InChI=1S/C28H38N2O3/c1-8-29-17-19-11-9-10-12-24(19)32-14-13-21-18-33-26(30-21)20-15-22(27(2,3)4)25(31)23(16-20)28(5,6)7/h9-12,15-16,18,29,31H,8,13-14,17H2,1-7H3. The molecule has 3 aromatic rings. The average molecular weight is 451 g/mol. The van der Waals surface area contributed by atoms with E-state index in [1.165, 1.54) is 0 Å². The number of rotatable bonds is 8. The first-order valence-corrected chi connectivity index (χ1v) is 11.7. The number of aromatic hydroxyl groups is 1. The van der Waals surface area contributed by atoms with Crippen LogP contribution >= 0.6 is 0 Å². The van der Waals surface area contributed by atoms with Crippen LogP contribution in [0, 0.1) is 0 Å². The lowest BCUT2D eigenvalue weighted by Gasteiger charge is -2.27. The molecule has 0 saturated carbocycles. The molecule has 1 aromatic heterocycles. The van der Waals surface area contributed by atoms with Crippen LogP contribution in [0.25, 0.3) is 11.5 Å². The Morgan fingerprint density at radius 2 is 1.64 bits per heavy atom. The highest BCUT2D eigenvalue weighted by Crippen LogP contribution is 2.41. The molecular formula is C28H38N2O3. The third-order valence-electron chi connectivity index (χ3n) is 5.68. The molecule has 5 heteroatoms. The van der Waals surface area contributed by atoms with Gasteiger partial charge in [-0.15, -0.1) is 0 Å². The molecule has 0 aliphatic carbocycles. The highest BCUT2D eigenvalue weighted by atomic mass is 16.5. The monoisotopic (exact) mass is 450 g/mol. The maximum absolute atomic E-state index is 11.0. The van der Waals surface area contributed by atoms with Gasteiger partial charge in [-0.05, 0) is 35.6 Å². The van der Waals surface area contributed by atoms with Crippen LogP contribution < -0.4 is 10.1 Å². The molecule has 2 N–H and O–H groups in total. The fraction of sp³-hybridized carbons (Fsp3) is 0.464. The average Bonchev–Trinajstić information content (AvgIpc) is 3.20. The minimum atomic E-state index is -0.205. The van der Waals surface area contributed by atoms with Crippen molar-refractivity contribution in [3.63, 3.8) is 0 Å². The molecular weight excluding hydrogens is 412 g/mol. The largest absolute Gasteiger partial charge is 0.507 e. The van der Waals surface area contributed by atoms with Gasteiger partial charge in [0.05, 0.1) is 12.3 Å². The van der Waals surface area contributed by atoms with Crippen molar-refractivity contribution in [1.82, 2.24) is 10.3 Å². The molecule has 2 aromatic carbocycles. The second-order valence-electron chi connectivity index (χ2n) is 10.6. The maximum Gasteiger partial charge on any atom is 0.226 e. The van der Waals surface area contributed by atoms with Gasteiger partial charge in [-0.2, -0.15) is 0 Å². The molecule has 0 saturated heterocycles. The van der Waals surface area contributed by atoms with Gasteiger partial charge >= 0.3 is 0 Å². The van der Waals surface area contributed by atoms with E-state index in [4.69, 9.17) is 14.1 Å². The molecule has 0 bridgehead atoms. The van der Waals surface area contributed by atoms with E-state index in [1.54, 1.807) is 6.26 Å². The third-order valence-corrected chi connectivity index (χ3v) is 5.68. The maximum atomic E-state index is 11.0.